The molecule has 2 aliphatic rings. The molecule has 0 aliphatic carbocycles. The fraction of sp³-hybridized carbons (Fsp3) is 0.600. The van der Waals surface area contributed by atoms with Gasteiger partial charge in [0.05, 0.1) is 17.4 Å². The first kappa shape index (κ1) is 18.7. The summed E-state index contributed by atoms with van der Waals surface area (Å²) in [6.45, 7) is 5.70. The highest BCUT2D eigenvalue weighted by Crippen LogP contribution is 2.39. The van der Waals surface area contributed by atoms with E-state index in [1.165, 1.54) is 4.88 Å². The van der Waals surface area contributed by atoms with Gasteiger partial charge in [0.25, 0.3) is 5.91 Å². The first-order valence-electron chi connectivity index (χ1n) is 9.74. The summed E-state index contributed by atoms with van der Waals surface area (Å²) in [5, 5.41) is 9.40. The van der Waals surface area contributed by atoms with Crippen LogP contribution in [-0.2, 0) is 18.3 Å². The number of thiophene rings is 1. The van der Waals surface area contributed by atoms with E-state index in [0.29, 0.717) is 12.2 Å². The van der Waals surface area contributed by atoms with Gasteiger partial charge in [-0.05, 0) is 50.1 Å². The molecule has 0 saturated carbocycles. The fourth-order valence-electron chi connectivity index (χ4n) is 4.27. The van der Waals surface area contributed by atoms with Crippen molar-refractivity contribution < 1.29 is 9.53 Å². The molecule has 2 saturated heterocycles. The van der Waals surface area contributed by atoms with E-state index < -0.39 is 0 Å². The molecular formula is C20H28N4O2S. The molecule has 2 aromatic rings. The van der Waals surface area contributed by atoms with Crippen LogP contribution in [0.4, 0.5) is 0 Å². The van der Waals surface area contributed by atoms with Crippen molar-refractivity contribution >= 4 is 17.2 Å². The Balaban J connectivity index is 1.24. The van der Waals surface area contributed by atoms with Gasteiger partial charge in [-0.1, -0.05) is 6.07 Å². The lowest BCUT2D eigenvalue weighted by molar-refractivity contribution is -0.0763. The van der Waals surface area contributed by atoms with Crippen LogP contribution in [0.5, 0.6) is 0 Å². The Kier molecular flexibility index (Phi) is 5.34. The number of aryl methyl sites for hydroxylation is 2. The molecule has 1 N–H and O–H groups in total. The second kappa shape index (κ2) is 7.73. The molecule has 0 unspecified atom stereocenters. The first-order chi connectivity index (χ1) is 13.0. The number of piperidine rings is 1. The summed E-state index contributed by atoms with van der Waals surface area (Å²) >= 11 is 1.83. The number of aromatic nitrogens is 2. The number of likely N-dealkylation sites (tertiary alicyclic amines) is 1. The molecule has 146 valence electrons. The number of hydrogen-bond acceptors (Lipinski definition) is 5. The van der Waals surface area contributed by atoms with Gasteiger partial charge in [-0.3, -0.25) is 14.4 Å². The molecule has 7 heteroatoms. The lowest BCUT2D eigenvalue weighted by Crippen LogP contribution is -2.44. The number of nitrogens with zero attached hydrogens (tertiary/aromatic N) is 3. The third kappa shape index (κ3) is 4.25. The van der Waals surface area contributed by atoms with Gasteiger partial charge in [-0.2, -0.15) is 5.10 Å². The van der Waals surface area contributed by atoms with Crippen LogP contribution in [0.2, 0.25) is 0 Å². The summed E-state index contributed by atoms with van der Waals surface area (Å²) < 4.78 is 8.06. The predicted octanol–water partition coefficient (Wildman–Crippen LogP) is 2.73. The predicted molar refractivity (Wildman–Crippen MR) is 106 cm³/mol. The quantitative estimate of drug-likeness (QED) is 0.856. The molecule has 2 fully saturated rings. The molecule has 6 nitrogen and oxygen atoms in total. The van der Waals surface area contributed by atoms with Crippen molar-refractivity contribution in [3.05, 3.63) is 39.8 Å². The molecular weight excluding hydrogens is 360 g/mol. The van der Waals surface area contributed by atoms with Crippen molar-refractivity contribution in [1.29, 1.82) is 0 Å². The maximum absolute atomic E-state index is 12.4. The van der Waals surface area contributed by atoms with E-state index in [9.17, 15) is 4.79 Å². The van der Waals surface area contributed by atoms with Crippen molar-refractivity contribution in [2.75, 3.05) is 19.6 Å². The van der Waals surface area contributed by atoms with Gasteiger partial charge in [0.1, 0.15) is 5.69 Å². The lowest BCUT2D eigenvalue weighted by Gasteiger charge is -2.39. The van der Waals surface area contributed by atoms with Crippen molar-refractivity contribution in [3.63, 3.8) is 0 Å². The minimum Gasteiger partial charge on any atom is -0.370 e. The average molecular weight is 389 g/mol. The van der Waals surface area contributed by atoms with Crippen molar-refractivity contribution in [3.8, 4) is 0 Å². The van der Waals surface area contributed by atoms with Gasteiger partial charge in [0, 0.05) is 38.1 Å². The van der Waals surface area contributed by atoms with Crippen LogP contribution >= 0.6 is 11.3 Å². The highest BCUT2D eigenvalue weighted by atomic mass is 32.1. The van der Waals surface area contributed by atoms with Crippen LogP contribution in [0.15, 0.2) is 23.6 Å². The number of rotatable bonds is 5. The van der Waals surface area contributed by atoms with Crippen LogP contribution in [0.25, 0.3) is 0 Å². The van der Waals surface area contributed by atoms with Gasteiger partial charge in [0.15, 0.2) is 0 Å². The average Bonchev–Trinajstić information content (AvgIpc) is 3.37. The largest absolute Gasteiger partial charge is 0.370 e. The Bertz CT molecular complexity index is 778. The standard InChI is InChI=1S/C20H28N4O2S/c1-15-12-18(23(2)22-15)19(25)21-13-16-5-6-20(26-16)7-9-24(10-8-20)14-17-4-3-11-27-17/h3-4,11-12,16H,5-10,13-14H2,1-2H3,(H,21,25)/t16-/m0/s1. The second-order valence-electron chi connectivity index (χ2n) is 7.82. The van der Waals surface area contributed by atoms with E-state index in [0.717, 1.165) is 51.0 Å². The number of carbonyl (C=O) groups excluding carboxylic acids is 1. The molecule has 0 aromatic carbocycles. The van der Waals surface area contributed by atoms with Gasteiger partial charge in [-0.15, -0.1) is 11.3 Å². The summed E-state index contributed by atoms with van der Waals surface area (Å²) in [6.07, 6.45) is 4.42. The third-order valence-electron chi connectivity index (χ3n) is 5.79. The number of amides is 1. The Morgan fingerprint density at radius 3 is 2.89 bits per heavy atom. The maximum Gasteiger partial charge on any atom is 0.269 e. The molecule has 0 radical (unpaired) electrons. The van der Waals surface area contributed by atoms with Crippen LogP contribution in [0.1, 0.15) is 46.7 Å². The summed E-state index contributed by atoms with van der Waals surface area (Å²) in [4.78, 5) is 16.3. The monoisotopic (exact) mass is 388 g/mol. The number of hydrogen-bond donors (Lipinski definition) is 1. The summed E-state index contributed by atoms with van der Waals surface area (Å²) in [5.74, 6) is -0.0755. The Morgan fingerprint density at radius 1 is 1.41 bits per heavy atom. The minimum atomic E-state index is -0.0755. The third-order valence-corrected chi connectivity index (χ3v) is 6.65. The van der Waals surface area contributed by atoms with E-state index in [1.807, 2.05) is 24.3 Å². The summed E-state index contributed by atoms with van der Waals surface area (Å²) in [5.41, 5.74) is 1.47. The van der Waals surface area contributed by atoms with Crippen molar-refractivity contribution in [2.45, 2.75) is 50.9 Å². The second-order valence-corrected chi connectivity index (χ2v) is 8.85. The van der Waals surface area contributed by atoms with Crippen LogP contribution in [0, 0.1) is 6.92 Å². The van der Waals surface area contributed by atoms with E-state index in [1.54, 1.807) is 11.7 Å². The van der Waals surface area contributed by atoms with E-state index >= 15 is 0 Å². The highest BCUT2D eigenvalue weighted by molar-refractivity contribution is 7.09. The number of carbonyl (C=O) groups is 1. The summed E-state index contributed by atoms with van der Waals surface area (Å²) in [6, 6.07) is 6.15. The molecule has 1 atom stereocenters. The SMILES string of the molecule is Cc1cc(C(=O)NC[C@@H]2CCC3(CCN(Cc4cccs4)CC3)O2)n(C)n1. The maximum atomic E-state index is 12.4. The van der Waals surface area contributed by atoms with E-state index in [2.05, 4.69) is 32.8 Å². The van der Waals surface area contributed by atoms with Crippen LogP contribution < -0.4 is 5.32 Å². The van der Waals surface area contributed by atoms with Gasteiger partial charge in [0.2, 0.25) is 0 Å². The van der Waals surface area contributed by atoms with E-state index in [-0.39, 0.29) is 17.6 Å². The molecule has 1 amide bonds. The molecule has 1 spiro atoms. The number of nitrogens with one attached hydrogen (secondary N) is 1. The molecule has 4 rings (SSSR count). The summed E-state index contributed by atoms with van der Waals surface area (Å²) in [7, 11) is 1.80. The molecule has 27 heavy (non-hydrogen) atoms. The molecule has 4 heterocycles. The molecule has 0 bridgehead atoms. The first-order valence-corrected chi connectivity index (χ1v) is 10.6. The van der Waals surface area contributed by atoms with Gasteiger partial charge < -0.3 is 10.1 Å². The topological polar surface area (TPSA) is 59.4 Å². The Hall–Kier alpha value is -1.70. The van der Waals surface area contributed by atoms with Crippen LogP contribution in [0.3, 0.4) is 0 Å². The zero-order chi connectivity index (χ0) is 18.9. The van der Waals surface area contributed by atoms with Crippen molar-refractivity contribution in [1.82, 2.24) is 20.0 Å². The lowest BCUT2D eigenvalue weighted by atomic mass is 9.88. The van der Waals surface area contributed by atoms with Gasteiger partial charge in [-0.25, -0.2) is 0 Å². The minimum absolute atomic E-state index is 0.0183. The molecule has 2 aliphatic heterocycles. The van der Waals surface area contributed by atoms with Crippen LogP contribution in [-0.4, -0.2) is 51.9 Å². The highest BCUT2D eigenvalue weighted by Gasteiger charge is 2.42. The normalized spacial score (nSPS) is 22.4. The van der Waals surface area contributed by atoms with Crippen molar-refractivity contribution in [2.24, 2.45) is 7.05 Å². The smallest absolute Gasteiger partial charge is 0.269 e. The Morgan fingerprint density at radius 2 is 2.22 bits per heavy atom. The van der Waals surface area contributed by atoms with Gasteiger partial charge >= 0.3 is 0 Å². The zero-order valence-corrected chi connectivity index (χ0v) is 16.9. The zero-order valence-electron chi connectivity index (χ0n) is 16.1. The molecule has 2 aromatic heterocycles. The fourth-order valence-corrected chi connectivity index (χ4v) is 5.01. The Labute approximate surface area is 164 Å². The van der Waals surface area contributed by atoms with E-state index in [4.69, 9.17) is 4.74 Å². The number of ether oxygens (including phenoxy) is 1.